The zero-order valence-corrected chi connectivity index (χ0v) is 16.1. The molecule has 1 amide bonds. The van der Waals surface area contributed by atoms with Crippen LogP contribution in [0.1, 0.15) is 37.7 Å². The van der Waals surface area contributed by atoms with Gasteiger partial charge in [0.2, 0.25) is 15.9 Å². The average molecular weight is 380 g/mol. The van der Waals surface area contributed by atoms with Gasteiger partial charge in [-0.3, -0.25) is 4.79 Å². The Morgan fingerprint density at radius 2 is 1.54 bits per heavy atom. The van der Waals surface area contributed by atoms with Crippen LogP contribution in [0.15, 0.2) is 29.2 Å². The third kappa shape index (κ3) is 4.84. The lowest BCUT2D eigenvalue weighted by Gasteiger charge is -2.27. The second-order valence-corrected chi connectivity index (χ2v) is 9.03. The molecule has 7 heteroatoms. The molecule has 144 valence electrons. The Bertz CT molecular complexity index is 689. The van der Waals surface area contributed by atoms with Crippen LogP contribution >= 0.6 is 0 Å². The number of benzene rings is 1. The van der Waals surface area contributed by atoms with Crippen LogP contribution < -0.4 is 5.32 Å². The van der Waals surface area contributed by atoms with Gasteiger partial charge in [-0.1, -0.05) is 25.0 Å². The number of sulfonamides is 1. The summed E-state index contributed by atoms with van der Waals surface area (Å²) in [5.74, 6) is 0.174. The summed E-state index contributed by atoms with van der Waals surface area (Å²) in [5.41, 5.74) is 1.00. The highest BCUT2D eigenvalue weighted by Crippen LogP contribution is 2.21. The Morgan fingerprint density at radius 3 is 2.15 bits per heavy atom. The van der Waals surface area contributed by atoms with E-state index in [0.29, 0.717) is 30.8 Å². The molecule has 0 bridgehead atoms. The smallest absolute Gasteiger partial charge is 0.243 e. The molecule has 0 atom stereocenters. The van der Waals surface area contributed by atoms with Crippen molar-refractivity contribution in [1.29, 1.82) is 0 Å². The van der Waals surface area contributed by atoms with Crippen molar-refractivity contribution in [2.75, 3.05) is 39.3 Å². The minimum Gasteiger partial charge on any atom is -0.340 e. The highest BCUT2D eigenvalue weighted by atomic mass is 32.2. The molecule has 2 fully saturated rings. The molecular weight excluding hydrogens is 350 g/mol. The van der Waals surface area contributed by atoms with Crippen LogP contribution in [0, 0.1) is 0 Å². The van der Waals surface area contributed by atoms with Gasteiger partial charge in [0.1, 0.15) is 0 Å². The summed E-state index contributed by atoms with van der Waals surface area (Å²) in [4.78, 5) is 14.5. The molecule has 2 aliphatic rings. The molecule has 2 aliphatic heterocycles. The molecule has 0 spiro atoms. The Hall–Kier alpha value is -1.44. The van der Waals surface area contributed by atoms with Gasteiger partial charge in [-0.2, -0.15) is 4.31 Å². The van der Waals surface area contributed by atoms with Crippen molar-refractivity contribution in [2.24, 2.45) is 0 Å². The molecule has 3 rings (SSSR count). The molecular formula is C19H29N3O3S. The van der Waals surface area contributed by atoms with E-state index in [1.165, 1.54) is 0 Å². The maximum Gasteiger partial charge on any atom is 0.243 e. The number of nitrogens with one attached hydrogen (secondary N) is 1. The SMILES string of the molecule is O=C(CCc1ccc(S(=O)(=O)N2CCCCCC2)cc1)N1CCNCC1. The van der Waals surface area contributed by atoms with Gasteiger partial charge < -0.3 is 10.2 Å². The number of hydrogen-bond acceptors (Lipinski definition) is 4. The second kappa shape index (κ2) is 8.97. The lowest BCUT2D eigenvalue weighted by Crippen LogP contribution is -2.46. The lowest BCUT2D eigenvalue weighted by atomic mass is 10.1. The molecule has 0 saturated carbocycles. The van der Waals surface area contributed by atoms with Gasteiger partial charge in [-0.15, -0.1) is 0 Å². The topological polar surface area (TPSA) is 69.7 Å². The van der Waals surface area contributed by atoms with Crippen molar-refractivity contribution < 1.29 is 13.2 Å². The third-order valence-corrected chi connectivity index (χ3v) is 7.14. The number of amides is 1. The molecule has 26 heavy (non-hydrogen) atoms. The predicted octanol–water partition coefficient (Wildman–Crippen LogP) is 1.62. The lowest BCUT2D eigenvalue weighted by molar-refractivity contribution is -0.131. The molecule has 0 radical (unpaired) electrons. The highest BCUT2D eigenvalue weighted by Gasteiger charge is 2.25. The van der Waals surface area contributed by atoms with E-state index < -0.39 is 10.0 Å². The van der Waals surface area contributed by atoms with E-state index in [9.17, 15) is 13.2 Å². The first-order valence-electron chi connectivity index (χ1n) is 9.65. The Balaban J connectivity index is 1.58. The molecule has 1 N–H and O–H groups in total. The van der Waals surface area contributed by atoms with E-state index >= 15 is 0 Å². The van der Waals surface area contributed by atoms with Crippen molar-refractivity contribution in [3.8, 4) is 0 Å². The molecule has 1 aromatic rings. The van der Waals surface area contributed by atoms with Crippen LogP contribution in [0.25, 0.3) is 0 Å². The number of hydrogen-bond donors (Lipinski definition) is 1. The van der Waals surface area contributed by atoms with Gasteiger partial charge in [0, 0.05) is 45.7 Å². The van der Waals surface area contributed by atoms with Crippen LogP contribution in [0.5, 0.6) is 0 Å². The van der Waals surface area contributed by atoms with Crippen LogP contribution in [-0.2, 0) is 21.2 Å². The fraction of sp³-hybridized carbons (Fsp3) is 0.632. The summed E-state index contributed by atoms with van der Waals surface area (Å²) in [6.45, 7) is 4.48. The molecule has 1 aromatic carbocycles. The Labute approximate surface area is 156 Å². The maximum absolute atomic E-state index is 12.8. The van der Waals surface area contributed by atoms with E-state index in [0.717, 1.165) is 57.4 Å². The Kier molecular flexibility index (Phi) is 6.67. The van der Waals surface area contributed by atoms with Gasteiger partial charge in [0.05, 0.1) is 4.90 Å². The maximum atomic E-state index is 12.8. The number of nitrogens with zero attached hydrogens (tertiary/aromatic N) is 2. The van der Waals surface area contributed by atoms with Crippen molar-refractivity contribution >= 4 is 15.9 Å². The zero-order chi connectivity index (χ0) is 18.4. The van der Waals surface area contributed by atoms with Crippen molar-refractivity contribution in [3.05, 3.63) is 29.8 Å². The first kappa shape index (κ1) is 19.3. The van der Waals surface area contributed by atoms with E-state index in [4.69, 9.17) is 0 Å². The van der Waals surface area contributed by atoms with E-state index in [2.05, 4.69) is 5.32 Å². The third-order valence-electron chi connectivity index (χ3n) is 5.22. The van der Waals surface area contributed by atoms with Crippen LogP contribution in [0.2, 0.25) is 0 Å². The number of rotatable bonds is 5. The molecule has 2 heterocycles. The van der Waals surface area contributed by atoms with Crippen LogP contribution in [0.3, 0.4) is 0 Å². The number of carbonyl (C=O) groups excluding carboxylic acids is 1. The van der Waals surface area contributed by atoms with E-state index in [-0.39, 0.29) is 5.91 Å². The monoisotopic (exact) mass is 379 g/mol. The highest BCUT2D eigenvalue weighted by molar-refractivity contribution is 7.89. The molecule has 0 unspecified atom stereocenters. The van der Waals surface area contributed by atoms with Crippen LogP contribution in [0.4, 0.5) is 0 Å². The van der Waals surface area contributed by atoms with Gasteiger partial charge in [0.15, 0.2) is 0 Å². The fourth-order valence-corrected chi connectivity index (χ4v) is 5.10. The van der Waals surface area contributed by atoms with E-state index in [1.807, 2.05) is 17.0 Å². The molecule has 0 aliphatic carbocycles. The summed E-state index contributed by atoms with van der Waals surface area (Å²) in [6, 6.07) is 7.06. The first-order chi connectivity index (χ1) is 12.6. The summed E-state index contributed by atoms with van der Waals surface area (Å²) >= 11 is 0. The van der Waals surface area contributed by atoms with Crippen LogP contribution in [-0.4, -0.2) is 62.8 Å². The average Bonchev–Trinajstić information content (AvgIpc) is 2.97. The zero-order valence-electron chi connectivity index (χ0n) is 15.3. The summed E-state index contributed by atoms with van der Waals surface area (Å²) in [7, 11) is -3.40. The quantitative estimate of drug-likeness (QED) is 0.844. The minimum atomic E-state index is -3.40. The van der Waals surface area contributed by atoms with Gasteiger partial charge in [-0.05, 0) is 37.0 Å². The first-order valence-corrected chi connectivity index (χ1v) is 11.1. The largest absolute Gasteiger partial charge is 0.340 e. The summed E-state index contributed by atoms with van der Waals surface area (Å²) < 4.78 is 27.2. The number of aryl methyl sites for hydroxylation is 1. The minimum absolute atomic E-state index is 0.174. The van der Waals surface area contributed by atoms with Crippen molar-refractivity contribution in [1.82, 2.24) is 14.5 Å². The normalized spacial score (nSPS) is 19.9. The predicted molar refractivity (Wildman–Crippen MR) is 101 cm³/mol. The molecule has 0 aromatic heterocycles. The van der Waals surface area contributed by atoms with Crippen molar-refractivity contribution in [3.63, 3.8) is 0 Å². The Morgan fingerprint density at radius 1 is 0.923 bits per heavy atom. The van der Waals surface area contributed by atoms with Gasteiger partial charge in [-0.25, -0.2) is 8.42 Å². The van der Waals surface area contributed by atoms with Crippen molar-refractivity contribution in [2.45, 2.75) is 43.4 Å². The summed E-state index contributed by atoms with van der Waals surface area (Å²) in [6.07, 6.45) is 5.19. The number of carbonyl (C=O) groups is 1. The van der Waals surface area contributed by atoms with Gasteiger partial charge in [0.25, 0.3) is 0 Å². The molecule has 2 saturated heterocycles. The summed E-state index contributed by atoms with van der Waals surface area (Å²) in [5, 5.41) is 3.24. The fourth-order valence-electron chi connectivity index (χ4n) is 3.58. The van der Waals surface area contributed by atoms with Gasteiger partial charge >= 0.3 is 0 Å². The standard InChI is InChI=1S/C19H29N3O3S/c23-19(21-15-11-20-12-16-21)10-7-17-5-8-18(9-6-17)26(24,25)22-13-3-1-2-4-14-22/h5-6,8-9,20H,1-4,7,10-16H2. The number of piperazine rings is 1. The second-order valence-electron chi connectivity index (χ2n) is 7.09. The molecule has 6 nitrogen and oxygen atoms in total. The van der Waals surface area contributed by atoms with E-state index in [1.54, 1.807) is 16.4 Å².